The van der Waals surface area contributed by atoms with Crippen molar-refractivity contribution in [1.29, 1.82) is 0 Å². The van der Waals surface area contributed by atoms with Gasteiger partial charge in [-0.1, -0.05) is 29.7 Å². The highest BCUT2D eigenvalue weighted by atomic mass is 35.5. The number of carbonyl (C=O) groups excluding carboxylic acids is 1. The van der Waals surface area contributed by atoms with Crippen molar-refractivity contribution in [3.63, 3.8) is 0 Å². The van der Waals surface area contributed by atoms with Gasteiger partial charge in [0.2, 0.25) is 11.7 Å². The van der Waals surface area contributed by atoms with Crippen molar-refractivity contribution >= 4 is 40.5 Å². The third-order valence-corrected chi connectivity index (χ3v) is 7.54. The van der Waals surface area contributed by atoms with E-state index >= 15 is 0 Å². The van der Waals surface area contributed by atoms with Crippen molar-refractivity contribution in [2.24, 2.45) is 11.3 Å². The van der Waals surface area contributed by atoms with E-state index in [4.69, 9.17) is 16.7 Å². The van der Waals surface area contributed by atoms with Crippen LogP contribution in [0, 0.1) is 23.2 Å². The van der Waals surface area contributed by atoms with Gasteiger partial charge in [-0.2, -0.15) is 0 Å². The molecule has 2 heterocycles. The Balaban J connectivity index is 1.50. The number of hydrogen-bond donors (Lipinski definition) is 5. The number of amides is 1. The Labute approximate surface area is 223 Å². The number of aliphatic carboxylic acids is 1. The van der Waals surface area contributed by atoms with Crippen molar-refractivity contribution in [1.82, 2.24) is 24.8 Å². The first-order chi connectivity index (χ1) is 18.3. The molecule has 1 amide bonds. The minimum absolute atomic E-state index is 0.0180. The fourth-order valence-electron chi connectivity index (χ4n) is 5.40. The van der Waals surface area contributed by atoms with Crippen LogP contribution in [0.1, 0.15) is 43.1 Å². The molecule has 5 rings (SSSR count). The maximum absolute atomic E-state index is 12.6. The molecule has 5 N–H and O–H groups in total. The van der Waals surface area contributed by atoms with Gasteiger partial charge in [-0.25, -0.2) is 15.0 Å². The molecule has 0 bridgehead atoms. The number of aliphatic hydroxyl groups excluding tert-OH is 2. The lowest BCUT2D eigenvalue weighted by Gasteiger charge is -2.23. The zero-order valence-electron chi connectivity index (χ0n) is 20.6. The van der Waals surface area contributed by atoms with Gasteiger partial charge in [0, 0.05) is 37.4 Å². The number of unbranched alkanes of at least 4 members (excludes halogenated alkanes) is 1. The highest BCUT2D eigenvalue weighted by Gasteiger charge is 2.75. The summed E-state index contributed by atoms with van der Waals surface area (Å²) in [6.45, 7) is 0.401. The molecule has 2 aliphatic rings. The molecule has 0 unspecified atom stereocenters. The predicted octanol–water partition coefficient (Wildman–Crippen LogP) is 1.73. The zero-order valence-corrected chi connectivity index (χ0v) is 21.3. The van der Waals surface area contributed by atoms with Crippen LogP contribution in [-0.2, 0) is 16.1 Å². The Morgan fingerprint density at radius 3 is 2.84 bits per heavy atom. The average Bonchev–Trinajstić information content (AvgIpc) is 3.43. The van der Waals surface area contributed by atoms with E-state index in [2.05, 4.69) is 37.4 Å². The molecule has 38 heavy (non-hydrogen) atoms. The second-order valence-corrected chi connectivity index (χ2v) is 10.0. The minimum atomic E-state index is -1.22. The summed E-state index contributed by atoms with van der Waals surface area (Å²) in [5.41, 5.74) is 0.735. The summed E-state index contributed by atoms with van der Waals surface area (Å²) in [6, 6.07) is 6.76. The summed E-state index contributed by atoms with van der Waals surface area (Å²) in [5.74, 6) is 4.97. The number of aliphatic hydroxyl groups is 2. The fraction of sp³-hybridized carbons (Fsp3) is 0.423. The number of carbonyl (C=O) groups is 2. The van der Waals surface area contributed by atoms with E-state index in [-0.39, 0.29) is 24.1 Å². The quantitative estimate of drug-likeness (QED) is 0.212. The standard InChI is InChI=1S/C26H27ClN6O5/c1-28-25(38)26-11-16(26)20(21(36)22(26)37)33-13-30-19-23(29-12-14-6-5-7-15(27)10-14)31-17(32-24(19)33)8-3-2-4-9-18(34)35/h5-7,10,13,16,20-22,36-37H,2,4,9,11-12H2,1H3,(H,28,38)(H,34,35)(H,29,31,32)/t16-,20-,21+,22+,26+/m1/s1. The lowest BCUT2D eigenvalue weighted by molar-refractivity contribution is -0.137. The van der Waals surface area contributed by atoms with Crippen molar-refractivity contribution in [3.05, 3.63) is 47.0 Å². The van der Waals surface area contributed by atoms with Gasteiger partial charge in [0.1, 0.15) is 6.10 Å². The molecule has 1 aromatic carbocycles. The van der Waals surface area contributed by atoms with Crippen LogP contribution in [-0.4, -0.2) is 66.0 Å². The maximum atomic E-state index is 12.6. The number of benzene rings is 1. The molecule has 2 fully saturated rings. The number of nitrogens with zero attached hydrogens (tertiary/aromatic N) is 4. The van der Waals surface area contributed by atoms with Crippen molar-refractivity contribution in [2.45, 2.75) is 50.5 Å². The number of hydrogen-bond acceptors (Lipinski definition) is 8. The molecule has 2 saturated carbocycles. The second-order valence-electron chi connectivity index (χ2n) is 9.61. The first-order valence-electron chi connectivity index (χ1n) is 12.3. The van der Waals surface area contributed by atoms with Crippen molar-refractivity contribution in [2.75, 3.05) is 12.4 Å². The predicted molar refractivity (Wildman–Crippen MR) is 138 cm³/mol. The number of halogens is 1. The largest absolute Gasteiger partial charge is 0.481 e. The SMILES string of the molecule is CNC(=O)[C@@]12C[C@@H]1[C@@H](n1cnc3c(NCc4cccc(Cl)c4)nc(C#CCCCC(=O)O)nc31)[C@H](O)[C@@H]2O. The van der Waals surface area contributed by atoms with Crippen LogP contribution in [0.4, 0.5) is 5.82 Å². The number of carboxylic acid groups (broad SMARTS) is 1. The molecular weight excluding hydrogens is 512 g/mol. The van der Waals surface area contributed by atoms with E-state index in [0.717, 1.165) is 5.56 Å². The Kier molecular flexibility index (Phi) is 6.96. The van der Waals surface area contributed by atoms with E-state index in [1.807, 2.05) is 18.2 Å². The Bertz CT molecular complexity index is 1470. The van der Waals surface area contributed by atoms with Gasteiger partial charge in [0.05, 0.1) is 23.9 Å². The van der Waals surface area contributed by atoms with Gasteiger partial charge in [0.25, 0.3) is 0 Å². The molecule has 11 nitrogen and oxygen atoms in total. The first kappa shape index (κ1) is 25.9. The molecule has 12 heteroatoms. The first-order valence-corrected chi connectivity index (χ1v) is 12.7. The van der Waals surface area contributed by atoms with Crippen molar-refractivity contribution < 1.29 is 24.9 Å². The minimum Gasteiger partial charge on any atom is -0.481 e. The van der Waals surface area contributed by atoms with Crippen LogP contribution >= 0.6 is 11.6 Å². The smallest absolute Gasteiger partial charge is 0.303 e. The third kappa shape index (κ3) is 4.55. The molecule has 5 atom stereocenters. The molecule has 2 aromatic heterocycles. The topological polar surface area (TPSA) is 162 Å². The molecule has 0 saturated heterocycles. The number of rotatable bonds is 8. The Hall–Kier alpha value is -3.72. The lowest BCUT2D eigenvalue weighted by atomic mass is 9.98. The number of aromatic nitrogens is 4. The van der Waals surface area contributed by atoms with Crippen LogP contribution in [0.25, 0.3) is 11.2 Å². The third-order valence-electron chi connectivity index (χ3n) is 7.31. The van der Waals surface area contributed by atoms with Crippen molar-refractivity contribution in [3.8, 4) is 11.8 Å². The Morgan fingerprint density at radius 1 is 1.29 bits per heavy atom. The van der Waals surface area contributed by atoms with Gasteiger partial charge >= 0.3 is 5.97 Å². The van der Waals surface area contributed by atoms with Gasteiger partial charge in [-0.3, -0.25) is 9.59 Å². The van der Waals surface area contributed by atoms with E-state index < -0.39 is 29.6 Å². The highest BCUT2D eigenvalue weighted by Crippen LogP contribution is 2.67. The maximum Gasteiger partial charge on any atom is 0.303 e. The average molecular weight is 539 g/mol. The van der Waals surface area contributed by atoms with Gasteiger partial charge < -0.3 is 30.5 Å². The number of imidazole rings is 1. The summed E-state index contributed by atoms with van der Waals surface area (Å²) < 4.78 is 1.69. The fourth-order valence-corrected chi connectivity index (χ4v) is 5.62. The summed E-state index contributed by atoms with van der Waals surface area (Å²) in [7, 11) is 1.51. The summed E-state index contributed by atoms with van der Waals surface area (Å²) in [4.78, 5) is 37.0. The monoisotopic (exact) mass is 538 g/mol. The Morgan fingerprint density at radius 2 is 2.11 bits per heavy atom. The summed E-state index contributed by atoms with van der Waals surface area (Å²) in [5, 5.41) is 37.0. The van der Waals surface area contributed by atoms with Crippen LogP contribution in [0.15, 0.2) is 30.6 Å². The molecule has 198 valence electrons. The number of fused-ring (bicyclic) bond motifs is 2. The molecule has 0 aliphatic heterocycles. The number of nitrogens with one attached hydrogen (secondary N) is 2. The van der Waals surface area contributed by atoms with E-state index in [1.165, 1.54) is 13.4 Å². The lowest BCUT2D eigenvalue weighted by Crippen LogP contribution is -2.41. The van der Waals surface area contributed by atoms with Crippen LogP contribution in [0.3, 0.4) is 0 Å². The zero-order chi connectivity index (χ0) is 27.0. The van der Waals surface area contributed by atoms with E-state index in [0.29, 0.717) is 47.8 Å². The van der Waals surface area contributed by atoms with E-state index in [1.54, 1.807) is 10.6 Å². The highest BCUT2D eigenvalue weighted by molar-refractivity contribution is 6.30. The second kappa shape index (κ2) is 10.2. The molecule has 2 aliphatic carbocycles. The normalized spacial score (nSPS) is 25.4. The van der Waals surface area contributed by atoms with Crippen LogP contribution < -0.4 is 10.6 Å². The van der Waals surface area contributed by atoms with Gasteiger partial charge in [0.15, 0.2) is 17.0 Å². The number of anilines is 1. The van der Waals surface area contributed by atoms with Gasteiger partial charge in [-0.15, -0.1) is 0 Å². The summed E-state index contributed by atoms with van der Waals surface area (Å²) >= 11 is 6.12. The number of carboxylic acids is 1. The van der Waals surface area contributed by atoms with Crippen LogP contribution in [0.5, 0.6) is 0 Å². The van der Waals surface area contributed by atoms with Gasteiger partial charge in [-0.05, 0) is 36.5 Å². The molecule has 3 aromatic rings. The molecule has 0 radical (unpaired) electrons. The van der Waals surface area contributed by atoms with Crippen LogP contribution in [0.2, 0.25) is 5.02 Å². The molecular formula is C26H27ClN6O5. The summed E-state index contributed by atoms with van der Waals surface area (Å²) in [6.07, 6.45) is 0.353. The van der Waals surface area contributed by atoms with E-state index in [9.17, 15) is 19.8 Å². The molecule has 0 spiro atoms.